The third-order valence-corrected chi connectivity index (χ3v) is 2.62. The molecular weight excluding hydrogens is 292 g/mol. The summed E-state index contributed by atoms with van der Waals surface area (Å²) in [6, 6.07) is 14.9. The van der Waals surface area contributed by atoms with Gasteiger partial charge in [-0.15, -0.1) is 17.0 Å². The monoisotopic (exact) mass is 300 g/mol. The molecule has 0 atom stereocenters. The lowest BCUT2D eigenvalue weighted by atomic mass is 10.1. The van der Waals surface area contributed by atoms with Crippen LogP contribution in [-0.2, 0) is 5.33 Å². The zero-order chi connectivity index (χ0) is 8.39. The third-order valence-electron chi connectivity index (χ3n) is 1.97. The molecule has 2 rings (SSSR count). The molecule has 2 aromatic carbocycles. The topological polar surface area (TPSA) is 0 Å². The first-order valence-electron chi connectivity index (χ1n) is 3.94. The Balaban J connectivity index is 0.000000845. The van der Waals surface area contributed by atoms with Crippen LogP contribution in [0.1, 0.15) is 5.56 Å². The summed E-state index contributed by atoms with van der Waals surface area (Å²) >= 11 is 3.44. The van der Waals surface area contributed by atoms with Crippen molar-refractivity contribution >= 4 is 43.7 Å². The van der Waals surface area contributed by atoms with Gasteiger partial charge in [-0.2, -0.15) is 0 Å². The lowest BCUT2D eigenvalue weighted by molar-refractivity contribution is 1.47. The van der Waals surface area contributed by atoms with Crippen LogP contribution in [-0.4, -0.2) is 0 Å². The zero-order valence-corrected chi connectivity index (χ0v) is 10.3. The van der Waals surface area contributed by atoms with Crippen LogP contribution in [0.5, 0.6) is 0 Å². The Kier molecular flexibility index (Phi) is 3.94. The van der Waals surface area contributed by atoms with E-state index >= 15 is 0 Å². The van der Waals surface area contributed by atoms with E-state index in [0.717, 1.165) is 5.33 Å². The summed E-state index contributed by atoms with van der Waals surface area (Å²) in [6.07, 6.45) is 0. The van der Waals surface area contributed by atoms with Gasteiger partial charge in [-0.25, -0.2) is 0 Å². The molecule has 0 nitrogen and oxygen atoms in total. The highest BCUT2D eigenvalue weighted by Gasteiger charge is 1.92. The second-order valence-corrected chi connectivity index (χ2v) is 3.38. The smallest absolute Gasteiger partial charge is 0.0283 e. The van der Waals surface area contributed by atoms with Crippen LogP contribution >= 0.6 is 32.9 Å². The summed E-state index contributed by atoms with van der Waals surface area (Å²) < 4.78 is 0. The summed E-state index contributed by atoms with van der Waals surface area (Å²) in [5.74, 6) is 0. The number of benzene rings is 2. The van der Waals surface area contributed by atoms with Crippen molar-refractivity contribution in [1.29, 1.82) is 0 Å². The number of fused-ring (bicyclic) bond motifs is 1. The van der Waals surface area contributed by atoms with Crippen LogP contribution < -0.4 is 0 Å². The zero-order valence-electron chi connectivity index (χ0n) is 7.03. The maximum atomic E-state index is 3.44. The first kappa shape index (κ1) is 10.7. The van der Waals surface area contributed by atoms with Gasteiger partial charge >= 0.3 is 0 Å². The Hall–Kier alpha value is -0.340. The van der Waals surface area contributed by atoms with Gasteiger partial charge in [0.2, 0.25) is 0 Å². The number of alkyl halides is 1. The molecule has 2 aromatic rings. The van der Waals surface area contributed by atoms with Crippen molar-refractivity contribution in [2.75, 3.05) is 0 Å². The van der Waals surface area contributed by atoms with Crippen molar-refractivity contribution in [3.05, 3.63) is 48.0 Å². The fourth-order valence-corrected chi connectivity index (χ4v) is 1.67. The number of hydrogen-bond acceptors (Lipinski definition) is 0. The molecule has 68 valence electrons. The summed E-state index contributed by atoms with van der Waals surface area (Å²) in [5.41, 5.74) is 1.33. The lowest BCUT2D eigenvalue weighted by Gasteiger charge is -1.98. The molecule has 0 aliphatic carbocycles. The van der Waals surface area contributed by atoms with E-state index in [1.165, 1.54) is 16.3 Å². The molecule has 0 bridgehead atoms. The van der Waals surface area contributed by atoms with Crippen molar-refractivity contribution in [1.82, 2.24) is 0 Å². The van der Waals surface area contributed by atoms with Gasteiger partial charge in [-0.05, 0) is 16.3 Å². The van der Waals surface area contributed by atoms with Gasteiger partial charge in [0.1, 0.15) is 0 Å². The van der Waals surface area contributed by atoms with E-state index < -0.39 is 0 Å². The van der Waals surface area contributed by atoms with Crippen molar-refractivity contribution < 1.29 is 0 Å². The van der Waals surface area contributed by atoms with E-state index in [1.807, 2.05) is 0 Å². The van der Waals surface area contributed by atoms with Gasteiger partial charge in [-0.3, -0.25) is 0 Å². The van der Waals surface area contributed by atoms with Crippen molar-refractivity contribution in [3.8, 4) is 0 Å². The predicted molar refractivity (Wildman–Crippen MR) is 66.9 cm³/mol. The maximum Gasteiger partial charge on any atom is 0.0283 e. The molecule has 13 heavy (non-hydrogen) atoms. The van der Waals surface area contributed by atoms with Crippen LogP contribution in [0.3, 0.4) is 0 Å². The van der Waals surface area contributed by atoms with E-state index in [-0.39, 0.29) is 17.0 Å². The average Bonchev–Trinajstić information content (AvgIpc) is 2.17. The standard InChI is InChI=1S/C11H9Br.BrH/c12-8-9-5-6-10-3-1-2-4-11(10)7-9;/h1-7H,8H2;1H. The van der Waals surface area contributed by atoms with Gasteiger partial charge in [0.15, 0.2) is 0 Å². The van der Waals surface area contributed by atoms with Crippen LogP contribution in [0, 0.1) is 0 Å². The quantitative estimate of drug-likeness (QED) is 0.689. The SMILES string of the molecule is Br.BrCc1ccc2ccccc2c1. The third kappa shape index (κ3) is 2.32. The first-order valence-corrected chi connectivity index (χ1v) is 5.06. The molecule has 2 heteroatoms. The summed E-state index contributed by atoms with van der Waals surface area (Å²) in [6.45, 7) is 0. The molecule has 0 radical (unpaired) electrons. The largest absolute Gasteiger partial charge is 0.114 e. The van der Waals surface area contributed by atoms with Crippen LogP contribution in [0.15, 0.2) is 42.5 Å². The molecule has 0 saturated heterocycles. The normalized spacial score (nSPS) is 9.62. The predicted octanol–water partition coefficient (Wildman–Crippen LogP) is 4.31. The minimum atomic E-state index is 0. The number of rotatable bonds is 1. The van der Waals surface area contributed by atoms with Gasteiger partial charge in [0.05, 0.1) is 0 Å². The minimum absolute atomic E-state index is 0. The average molecular weight is 302 g/mol. The molecule has 0 unspecified atom stereocenters. The molecule has 0 aliphatic rings. The van der Waals surface area contributed by atoms with Crippen molar-refractivity contribution in [2.45, 2.75) is 5.33 Å². The Morgan fingerprint density at radius 2 is 1.62 bits per heavy atom. The van der Waals surface area contributed by atoms with E-state index in [0.29, 0.717) is 0 Å². The van der Waals surface area contributed by atoms with Gasteiger partial charge in [0.25, 0.3) is 0 Å². The molecule has 0 spiro atoms. The van der Waals surface area contributed by atoms with Gasteiger partial charge < -0.3 is 0 Å². The van der Waals surface area contributed by atoms with Crippen LogP contribution in [0.2, 0.25) is 0 Å². The van der Waals surface area contributed by atoms with Crippen LogP contribution in [0.25, 0.3) is 10.8 Å². The number of hydrogen-bond donors (Lipinski definition) is 0. The highest BCUT2D eigenvalue weighted by Crippen LogP contribution is 2.16. The summed E-state index contributed by atoms with van der Waals surface area (Å²) in [7, 11) is 0. The van der Waals surface area contributed by atoms with Gasteiger partial charge in [0, 0.05) is 5.33 Å². The molecule has 0 saturated carbocycles. The fraction of sp³-hybridized carbons (Fsp3) is 0.0909. The Morgan fingerprint density at radius 3 is 2.31 bits per heavy atom. The highest BCUT2D eigenvalue weighted by molar-refractivity contribution is 9.08. The summed E-state index contributed by atoms with van der Waals surface area (Å²) in [4.78, 5) is 0. The second-order valence-electron chi connectivity index (χ2n) is 2.82. The minimum Gasteiger partial charge on any atom is -0.114 e. The lowest BCUT2D eigenvalue weighted by Crippen LogP contribution is -1.77. The Labute approximate surface area is 96.9 Å². The molecule has 0 amide bonds. The molecule has 0 heterocycles. The van der Waals surface area contributed by atoms with E-state index in [4.69, 9.17) is 0 Å². The van der Waals surface area contributed by atoms with Crippen molar-refractivity contribution in [2.24, 2.45) is 0 Å². The van der Waals surface area contributed by atoms with E-state index in [1.54, 1.807) is 0 Å². The Bertz CT molecular complexity index is 396. The van der Waals surface area contributed by atoms with Crippen molar-refractivity contribution in [3.63, 3.8) is 0 Å². The summed E-state index contributed by atoms with van der Waals surface area (Å²) in [5, 5.41) is 3.55. The highest BCUT2D eigenvalue weighted by atomic mass is 79.9. The first-order chi connectivity index (χ1) is 5.90. The molecule has 0 aliphatic heterocycles. The maximum absolute atomic E-state index is 3.44. The second kappa shape index (κ2) is 4.77. The molecule has 0 N–H and O–H groups in total. The fourth-order valence-electron chi connectivity index (χ4n) is 1.32. The van der Waals surface area contributed by atoms with Crippen LogP contribution in [0.4, 0.5) is 0 Å². The molecule has 0 aromatic heterocycles. The molecular formula is C11H10Br2. The number of halogens is 2. The van der Waals surface area contributed by atoms with Gasteiger partial charge in [-0.1, -0.05) is 58.4 Å². The Morgan fingerprint density at radius 1 is 0.923 bits per heavy atom. The van der Waals surface area contributed by atoms with E-state index in [9.17, 15) is 0 Å². The van der Waals surface area contributed by atoms with E-state index in [2.05, 4.69) is 58.4 Å². The molecule has 0 fully saturated rings.